The SMILES string of the molecule is Cc1ccc(CN2CCN(S(=O)(=O)c3cccc4nsnc34)CC2)cc1.[Cl-]. The fourth-order valence-electron chi connectivity index (χ4n) is 3.21. The van der Waals surface area contributed by atoms with Gasteiger partial charge in [0.2, 0.25) is 10.0 Å². The van der Waals surface area contributed by atoms with Crippen molar-refractivity contribution in [1.82, 2.24) is 18.0 Å². The first-order valence-electron chi connectivity index (χ1n) is 8.53. The Labute approximate surface area is 169 Å². The highest BCUT2D eigenvalue weighted by Crippen LogP contribution is 2.25. The maximum absolute atomic E-state index is 13.0. The van der Waals surface area contributed by atoms with Crippen LogP contribution in [0.1, 0.15) is 11.1 Å². The molecule has 1 aliphatic heterocycles. The molecule has 0 N–H and O–H groups in total. The van der Waals surface area contributed by atoms with Gasteiger partial charge in [-0.2, -0.15) is 13.1 Å². The summed E-state index contributed by atoms with van der Waals surface area (Å²) in [6.45, 7) is 5.34. The number of benzene rings is 2. The summed E-state index contributed by atoms with van der Waals surface area (Å²) in [5.74, 6) is 0. The first-order valence-corrected chi connectivity index (χ1v) is 10.7. The summed E-state index contributed by atoms with van der Waals surface area (Å²) in [6, 6.07) is 13.6. The van der Waals surface area contributed by atoms with Crippen molar-refractivity contribution < 1.29 is 20.8 Å². The minimum atomic E-state index is -3.55. The Hall–Kier alpha value is -1.58. The number of aromatic nitrogens is 2. The lowest BCUT2D eigenvalue weighted by atomic mass is 10.1. The van der Waals surface area contributed by atoms with Crippen LogP contribution < -0.4 is 12.4 Å². The minimum absolute atomic E-state index is 0. The van der Waals surface area contributed by atoms with Crippen LogP contribution in [0.15, 0.2) is 47.4 Å². The largest absolute Gasteiger partial charge is 1.00 e. The van der Waals surface area contributed by atoms with E-state index in [1.807, 2.05) is 0 Å². The molecule has 4 rings (SSSR count). The van der Waals surface area contributed by atoms with Crippen LogP contribution in [0.3, 0.4) is 0 Å². The maximum atomic E-state index is 13.0. The van der Waals surface area contributed by atoms with Gasteiger partial charge in [0.1, 0.15) is 15.9 Å². The molecule has 0 amide bonds. The Morgan fingerprint density at radius 2 is 1.70 bits per heavy atom. The number of hydrogen-bond acceptors (Lipinski definition) is 6. The molecule has 1 aromatic heterocycles. The second-order valence-electron chi connectivity index (χ2n) is 6.55. The molecular formula is C18H20ClN4O2S2-. The molecule has 2 aromatic carbocycles. The molecule has 9 heteroatoms. The van der Waals surface area contributed by atoms with E-state index in [1.54, 1.807) is 22.5 Å². The zero-order chi connectivity index (χ0) is 18.1. The molecule has 0 bridgehead atoms. The Balaban J connectivity index is 0.00000210. The number of aryl methyl sites for hydroxylation is 1. The fraction of sp³-hybridized carbons (Fsp3) is 0.333. The van der Waals surface area contributed by atoms with E-state index in [0.29, 0.717) is 24.1 Å². The number of sulfonamides is 1. The topological polar surface area (TPSA) is 66.4 Å². The monoisotopic (exact) mass is 423 g/mol. The molecule has 1 aliphatic rings. The lowest BCUT2D eigenvalue weighted by Gasteiger charge is -2.34. The molecule has 144 valence electrons. The number of halogens is 1. The van der Waals surface area contributed by atoms with Gasteiger partial charge >= 0.3 is 0 Å². The summed E-state index contributed by atoms with van der Waals surface area (Å²) < 4.78 is 36.0. The van der Waals surface area contributed by atoms with Gasteiger partial charge in [-0.25, -0.2) is 8.42 Å². The van der Waals surface area contributed by atoms with Crippen LogP contribution in [-0.2, 0) is 16.6 Å². The van der Waals surface area contributed by atoms with Crippen molar-refractivity contribution in [2.75, 3.05) is 26.2 Å². The van der Waals surface area contributed by atoms with Crippen LogP contribution in [0.5, 0.6) is 0 Å². The number of fused-ring (bicyclic) bond motifs is 1. The second-order valence-corrected chi connectivity index (χ2v) is 8.99. The molecule has 1 saturated heterocycles. The first-order chi connectivity index (χ1) is 12.5. The van der Waals surface area contributed by atoms with Crippen LogP contribution in [0.2, 0.25) is 0 Å². The molecular weight excluding hydrogens is 404 g/mol. The average Bonchev–Trinajstić information content (AvgIpc) is 3.13. The highest BCUT2D eigenvalue weighted by molar-refractivity contribution is 7.89. The van der Waals surface area contributed by atoms with Gasteiger partial charge < -0.3 is 12.4 Å². The maximum Gasteiger partial charge on any atom is 0.245 e. The van der Waals surface area contributed by atoms with Crippen molar-refractivity contribution in [3.63, 3.8) is 0 Å². The third kappa shape index (κ3) is 4.14. The van der Waals surface area contributed by atoms with E-state index in [4.69, 9.17) is 0 Å². The first kappa shape index (κ1) is 20.2. The average molecular weight is 424 g/mol. The van der Waals surface area contributed by atoms with Crippen LogP contribution in [0.4, 0.5) is 0 Å². The predicted molar refractivity (Wildman–Crippen MR) is 103 cm³/mol. The van der Waals surface area contributed by atoms with E-state index >= 15 is 0 Å². The molecule has 0 radical (unpaired) electrons. The third-order valence-corrected chi connectivity index (χ3v) is 7.20. The molecule has 1 fully saturated rings. The van der Waals surface area contributed by atoms with Gasteiger partial charge in [0.05, 0.1) is 11.7 Å². The van der Waals surface area contributed by atoms with Crippen molar-refractivity contribution in [2.24, 2.45) is 0 Å². The summed E-state index contributed by atoms with van der Waals surface area (Å²) in [4.78, 5) is 2.55. The number of piperazine rings is 1. The summed E-state index contributed by atoms with van der Waals surface area (Å²) in [5.41, 5.74) is 3.61. The molecule has 0 spiro atoms. The van der Waals surface area contributed by atoms with Gasteiger partial charge in [0.25, 0.3) is 0 Å². The van der Waals surface area contributed by atoms with Crippen LogP contribution >= 0.6 is 11.7 Å². The fourth-order valence-corrected chi connectivity index (χ4v) is 5.38. The Kier molecular flexibility index (Phi) is 6.12. The van der Waals surface area contributed by atoms with Gasteiger partial charge in [0, 0.05) is 32.7 Å². The van der Waals surface area contributed by atoms with E-state index in [1.165, 1.54) is 11.1 Å². The van der Waals surface area contributed by atoms with Crippen LogP contribution in [0, 0.1) is 6.92 Å². The normalized spacial score (nSPS) is 16.3. The van der Waals surface area contributed by atoms with Gasteiger partial charge in [-0.15, -0.1) is 0 Å². The molecule has 27 heavy (non-hydrogen) atoms. The van der Waals surface area contributed by atoms with E-state index in [0.717, 1.165) is 31.4 Å². The summed E-state index contributed by atoms with van der Waals surface area (Å²) in [5, 5.41) is 0. The van der Waals surface area contributed by atoms with Gasteiger partial charge in [-0.3, -0.25) is 4.90 Å². The van der Waals surface area contributed by atoms with E-state index < -0.39 is 10.0 Å². The predicted octanol–water partition coefficient (Wildman–Crippen LogP) is -0.490. The zero-order valence-corrected chi connectivity index (χ0v) is 17.3. The summed E-state index contributed by atoms with van der Waals surface area (Å²) >= 11 is 1.04. The summed E-state index contributed by atoms with van der Waals surface area (Å²) in [7, 11) is -3.55. The second kappa shape index (κ2) is 8.20. The van der Waals surface area contributed by atoms with E-state index in [9.17, 15) is 8.42 Å². The van der Waals surface area contributed by atoms with E-state index in [2.05, 4.69) is 44.8 Å². The quantitative estimate of drug-likeness (QED) is 0.566. The standard InChI is InChI=1S/C18H20N4O2S2.ClH/c1-14-5-7-15(8-6-14)13-21-9-11-22(12-10-21)26(23,24)17-4-2-3-16-18(17)20-25-19-16;/h2-8H,9-13H2,1H3;1H/p-1. The Bertz CT molecular complexity index is 1010. The number of nitrogens with zero attached hydrogens (tertiary/aromatic N) is 4. The molecule has 3 aromatic rings. The van der Waals surface area contributed by atoms with Crippen LogP contribution in [-0.4, -0.2) is 52.5 Å². The lowest BCUT2D eigenvalue weighted by molar-refractivity contribution is -0.00000811. The van der Waals surface area contributed by atoms with Crippen molar-refractivity contribution >= 4 is 32.8 Å². The van der Waals surface area contributed by atoms with Gasteiger partial charge in [0.15, 0.2) is 0 Å². The minimum Gasteiger partial charge on any atom is -1.00 e. The van der Waals surface area contributed by atoms with Crippen LogP contribution in [0.25, 0.3) is 11.0 Å². The molecule has 0 saturated carbocycles. The number of rotatable bonds is 4. The highest BCUT2D eigenvalue weighted by Gasteiger charge is 2.30. The lowest BCUT2D eigenvalue weighted by Crippen LogP contribution is -3.00. The van der Waals surface area contributed by atoms with Crippen molar-refractivity contribution in [3.8, 4) is 0 Å². The van der Waals surface area contributed by atoms with Crippen molar-refractivity contribution in [1.29, 1.82) is 0 Å². The van der Waals surface area contributed by atoms with Gasteiger partial charge in [-0.1, -0.05) is 35.9 Å². The molecule has 0 unspecified atom stereocenters. The molecule has 2 heterocycles. The highest BCUT2D eigenvalue weighted by atomic mass is 35.5. The third-order valence-electron chi connectivity index (χ3n) is 4.72. The van der Waals surface area contributed by atoms with Crippen molar-refractivity contribution in [2.45, 2.75) is 18.4 Å². The Morgan fingerprint density at radius 1 is 1.00 bits per heavy atom. The number of hydrogen-bond donors (Lipinski definition) is 0. The smallest absolute Gasteiger partial charge is 0.245 e. The zero-order valence-electron chi connectivity index (χ0n) is 14.9. The van der Waals surface area contributed by atoms with Crippen molar-refractivity contribution in [3.05, 3.63) is 53.6 Å². The summed E-state index contributed by atoms with van der Waals surface area (Å²) in [6.07, 6.45) is 0. The molecule has 0 aliphatic carbocycles. The molecule has 0 atom stereocenters. The Morgan fingerprint density at radius 3 is 2.41 bits per heavy atom. The van der Waals surface area contributed by atoms with E-state index in [-0.39, 0.29) is 17.3 Å². The molecule has 6 nitrogen and oxygen atoms in total. The van der Waals surface area contributed by atoms with Gasteiger partial charge in [-0.05, 0) is 24.6 Å².